The average molecular weight is 251 g/mol. The molecule has 0 radical (unpaired) electrons. The molecule has 2 aliphatic carbocycles. The van der Waals surface area contributed by atoms with E-state index < -0.39 is 0 Å². The van der Waals surface area contributed by atoms with Crippen molar-refractivity contribution in [3.63, 3.8) is 0 Å². The molecule has 0 atom stereocenters. The van der Waals surface area contributed by atoms with Gasteiger partial charge in [-0.05, 0) is 43.7 Å². The van der Waals surface area contributed by atoms with Crippen LogP contribution >= 0.6 is 11.6 Å². The Hall–Kier alpha value is -0.760. The second-order valence-corrected chi connectivity index (χ2v) is 5.67. The quantitative estimate of drug-likeness (QED) is 0.831. The minimum atomic E-state index is 0.0986. The fraction of sp³-hybridized carbons (Fsp3) is 0.643. The minimum absolute atomic E-state index is 0.0986. The van der Waals surface area contributed by atoms with Crippen molar-refractivity contribution in [1.82, 2.24) is 4.98 Å². The number of fused-ring (bicyclic) bond motifs is 1. The number of nitrogens with zero attached hydrogens (tertiary/aromatic N) is 1. The van der Waals surface area contributed by atoms with Crippen molar-refractivity contribution >= 4 is 17.4 Å². The van der Waals surface area contributed by atoms with E-state index in [9.17, 15) is 0 Å². The van der Waals surface area contributed by atoms with Crippen LogP contribution in [0.15, 0.2) is 12.1 Å². The molecule has 1 N–H and O–H groups in total. The van der Waals surface area contributed by atoms with Gasteiger partial charge in [-0.1, -0.05) is 18.9 Å². The Morgan fingerprint density at radius 1 is 1.18 bits per heavy atom. The van der Waals surface area contributed by atoms with Crippen molar-refractivity contribution in [2.75, 3.05) is 11.2 Å². The molecule has 0 bridgehead atoms. The van der Waals surface area contributed by atoms with E-state index >= 15 is 0 Å². The molecule has 3 rings (SSSR count). The van der Waals surface area contributed by atoms with Crippen molar-refractivity contribution in [3.8, 4) is 0 Å². The molecular formula is C14H19ClN2. The van der Waals surface area contributed by atoms with Gasteiger partial charge in [0.15, 0.2) is 0 Å². The van der Waals surface area contributed by atoms with Crippen LogP contribution in [0.1, 0.15) is 43.4 Å². The second-order valence-electron chi connectivity index (χ2n) is 5.40. The second kappa shape index (κ2) is 4.49. The monoisotopic (exact) mass is 250 g/mol. The molecule has 1 aromatic rings. The summed E-state index contributed by atoms with van der Waals surface area (Å²) in [5.41, 5.74) is 2.82. The maximum absolute atomic E-state index is 6.14. The van der Waals surface area contributed by atoms with E-state index in [1.807, 2.05) is 0 Å². The van der Waals surface area contributed by atoms with Crippen molar-refractivity contribution < 1.29 is 0 Å². The number of halogens is 1. The first kappa shape index (κ1) is 11.3. The summed E-state index contributed by atoms with van der Waals surface area (Å²) in [5.74, 6) is 1.71. The molecule has 1 saturated carbocycles. The predicted octanol–water partition coefficient (Wildman–Crippen LogP) is 3.53. The highest BCUT2D eigenvalue weighted by Gasteiger charge is 2.33. The van der Waals surface area contributed by atoms with Gasteiger partial charge in [-0.3, -0.25) is 0 Å². The van der Waals surface area contributed by atoms with Crippen LogP contribution in [-0.2, 0) is 12.8 Å². The van der Waals surface area contributed by atoms with Gasteiger partial charge in [-0.25, -0.2) is 4.98 Å². The number of aryl methyl sites for hydroxylation is 2. The Labute approximate surface area is 108 Å². The number of pyridine rings is 1. The molecule has 2 nitrogen and oxygen atoms in total. The molecule has 0 amide bonds. The molecule has 92 valence electrons. The first-order chi connectivity index (χ1) is 8.31. The number of aromatic nitrogens is 1. The number of alkyl halides is 1. The van der Waals surface area contributed by atoms with Crippen molar-refractivity contribution in [3.05, 3.63) is 23.4 Å². The summed E-state index contributed by atoms with van der Waals surface area (Å²) in [6.07, 6.45) is 8.51. The summed E-state index contributed by atoms with van der Waals surface area (Å²) in [4.78, 5) is 4.74. The van der Waals surface area contributed by atoms with Crippen molar-refractivity contribution in [1.29, 1.82) is 0 Å². The Kier molecular flexibility index (Phi) is 2.99. The lowest BCUT2D eigenvalue weighted by Gasteiger charge is -2.28. The van der Waals surface area contributed by atoms with Crippen LogP contribution in [0.4, 0.5) is 5.82 Å². The summed E-state index contributed by atoms with van der Waals surface area (Å²) in [6, 6.07) is 4.35. The van der Waals surface area contributed by atoms with Gasteiger partial charge in [0.05, 0.1) is 5.54 Å². The van der Waals surface area contributed by atoms with E-state index in [0.717, 1.165) is 12.2 Å². The van der Waals surface area contributed by atoms with E-state index in [2.05, 4.69) is 17.4 Å². The third-order valence-corrected chi connectivity index (χ3v) is 4.65. The predicted molar refractivity (Wildman–Crippen MR) is 71.8 cm³/mol. The lowest BCUT2D eigenvalue weighted by atomic mass is 10.0. The number of rotatable bonds is 3. The molecule has 1 fully saturated rings. The highest BCUT2D eigenvalue weighted by molar-refractivity contribution is 6.18. The smallest absolute Gasteiger partial charge is 0.126 e. The maximum Gasteiger partial charge on any atom is 0.126 e. The summed E-state index contributed by atoms with van der Waals surface area (Å²) in [7, 11) is 0. The summed E-state index contributed by atoms with van der Waals surface area (Å²) < 4.78 is 0. The molecule has 3 heteroatoms. The van der Waals surface area contributed by atoms with E-state index in [4.69, 9.17) is 16.6 Å². The first-order valence-electron chi connectivity index (χ1n) is 6.64. The first-order valence-corrected chi connectivity index (χ1v) is 7.18. The van der Waals surface area contributed by atoms with E-state index in [1.165, 1.54) is 49.8 Å². The normalized spacial score (nSPS) is 21.5. The maximum atomic E-state index is 6.14. The molecule has 17 heavy (non-hydrogen) atoms. The van der Waals surface area contributed by atoms with Gasteiger partial charge < -0.3 is 5.32 Å². The van der Waals surface area contributed by atoms with Gasteiger partial charge >= 0.3 is 0 Å². The van der Waals surface area contributed by atoms with Crippen LogP contribution in [0.2, 0.25) is 0 Å². The zero-order chi connectivity index (χ0) is 11.7. The van der Waals surface area contributed by atoms with Gasteiger partial charge in [0.2, 0.25) is 0 Å². The fourth-order valence-corrected chi connectivity index (χ4v) is 3.44. The number of hydrogen-bond acceptors (Lipinski definition) is 2. The lowest BCUT2D eigenvalue weighted by Crippen LogP contribution is -2.37. The number of anilines is 1. The zero-order valence-corrected chi connectivity index (χ0v) is 10.9. The SMILES string of the molecule is ClCC1(Nc2ccc3c(n2)CCC3)CCCC1. The zero-order valence-electron chi connectivity index (χ0n) is 10.1. The van der Waals surface area contributed by atoms with E-state index in [1.54, 1.807) is 0 Å². The Balaban J connectivity index is 1.80. The molecule has 0 spiro atoms. The summed E-state index contributed by atoms with van der Waals surface area (Å²) in [5, 5.41) is 3.59. The van der Waals surface area contributed by atoms with Crippen molar-refractivity contribution in [2.45, 2.75) is 50.5 Å². The molecular weight excluding hydrogens is 232 g/mol. The molecule has 0 saturated heterocycles. The summed E-state index contributed by atoms with van der Waals surface area (Å²) in [6.45, 7) is 0. The Morgan fingerprint density at radius 2 is 2.00 bits per heavy atom. The van der Waals surface area contributed by atoms with Gasteiger partial charge in [-0.15, -0.1) is 11.6 Å². The molecule has 0 aromatic carbocycles. The largest absolute Gasteiger partial charge is 0.363 e. The Bertz CT molecular complexity index is 411. The molecule has 1 heterocycles. The summed E-state index contributed by atoms with van der Waals surface area (Å²) >= 11 is 6.14. The van der Waals surface area contributed by atoms with E-state index in [0.29, 0.717) is 5.88 Å². The van der Waals surface area contributed by atoms with Crippen LogP contribution in [-0.4, -0.2) is 16.4 Å². The van der Waals surface area contributed by atoms with E-state index in [-0.39, 0.29) is 5.54 Å². The van der Waals surface area contributed by atoms with Gasteiger partial charge in [-0.2, -0.15) is 0 Å². The van der Waals surface area contributed by atoms with Gasteiger partial charge in [0.1, 0.15) is 5.82 Å². The van der Waals surface area contributed by atoms with Crippen LogP contribution in [0, 0.1) is 0 Å². The molecule has 2 aliphatic rings. The van der Waals surface area contributed by atoms with Gasteiger partial charge in [0.25, 0.3) is 0 Å². The van der Waals surface area contributed by atoms with Crippen LogP contribution in [0.5, 0.6) is 0 Å². The van der Waals surface area contributed by atoms with Crippen LogP contribution in [0.3, 0.4) is 0 Å². The van der Waals surface area contributed by atoms with Gasteiger partial charge in [0, 0.05) is 11.6 Å². The topological polar surface area (TPSA) is 24.9 Å². The third-order valence-electron chi connectivity index (χ3n) is 4.14. The average Bonchev–Trinajstić information content (AvgIpc) is 2.97. The molecule has 0 aliphatic heterocycles. The molecule has 1 aromatic heterocycles. The third kappa shape index (κ3) is 2.15. The van der Waals surface area contributed by atoms with Crippen LogP contribution in [0.25, 0.3) is 0 Å². The van der Waals surface area contributed by atoms with Crippen molar-refractivity contribution in [2.24, 2.45) is 0 Å². The number of hydrogen-bond donors (Lipinski definition) is 1. The standard InChI is InChI=1S/C14H19ClN2/c15-10-14(8-1-2-9-14)17-13-7-6-11-4-3-5-12(11)16-13/h6-7H,1-5,8-10H2,(H,16,17). The highest BCUT2D eigenvalue weighted by Crippen LogP contribution is 2.34. The number of nitrogens with one attached hydrogen (secondary N) is 1. The molecule has 0 unspecified atom stereocenters. The highest BCUT2D eigenvalue weighted by atomic mass is 35.5. The lowest BCUT2D eigenvalue weighted by molar-refractivity contribution is 0.537. The minimum Gasteiger partial charge on any atom is -0.363 e. The fourth-order valence-electron chi connectivity index (χ4n) is 3.11. The van der Waals surface area contributed by atoms with Crippen LogP contribution < -0.4 is 5.32 Å². The Morgan fingerprint density at radius 3 is 2.76 bits per heavy atom.